The molecular weight excluding hydrogens is 354 g/mol. The Hall–Kier alpha value is -2.48. The summed E-state index contributed by atoms with van der Waals surface area (Å²) in [5.74, 6) is 1.24. The Morgan fingerprint density at radius 1 is 1.21 bits per heavy atom. The fourth-order valence-corrected chi connectivity index (χ4v) is 3.57. The molecule has 0 radical (unpaired) electrons. The molecule has 3 heterocycles. The lowest BCUT2D eigenvalue weighted by Crippen LogP contribution is -2.52. The van der Waals surface area contributed by atoms with E-state index in [-0.39, 0.29) is 12.1 Å². The molecule has 1 atom stereocenters. The molecule has 0 aliphatic carbocycles. The Morgan fingerprint density at radius 2 is 1.96 bits per heavy atom. The second-order valence-electron chi connectivity index (χ2n) is 7.90. The van der Waals surface area contributed by atoms with Crippen LogP contribution < -0.4 is 5.32 Å². The van der Waals surface area contributed by atoms with E-state index in [0.717, 1.165) is 37.6 Å². The average molecular weight is 386 g/mol. The summed E-state index contributed by atoms with van der Waals surface area (Å²) in [5, 5.41) is 7.32. The van der Waals surface area contributed by atoms with Crippen molar-refractivity contribution in [2.45, 2.75) is 39.8 Å². The summed E-state index contributed by atoms with van der Waals surface area (Å²) < 4.78 is 1.74. The van der Waals surface area contributed by atoms with Crippen LogP contribution in [0.1, 0.15) is 43.4 Å². The Morgan fingerprint density at radius 3 is 2.57 bits per heavy atom. The molecule has 8 heteroatoms. The lowest BCUT2D eigenvalue weighted by atomic mass is 10.0. The maximum Gasteiger partial charge on any atom is 0.318 e. The minimum atomic E-state index is -0.130. The number of hydrogen-bond donors (Lipinski definition) is 1. The van der Waals surface area contributed by atoms with E-state index in [9.17, 15) is 4.79 Å². The van der Waals surface area contributed by atoms with Crippen LogP contribution in [0, 0.1) is 12.8 Å². The third-order valence-corrected chi connectivity index (χ3v) is 5.21. The van der Waals surface area contributed by atoms with Crippen LogP contribution in [0.3, 0.4) is 0 Å². The molecule has 1 aliphatic rings. The first-order chi connectivity index (χ1) is 13.4. The molecule has 0 bridgehead atoms. The van der Waals surface area contributed by atoms with Gasteiger partial charge in [-0.1, -0.05) is 19.9 Å². The van der Waals surface area contributed by atoms with Crippen LogP contribution in [0.25, 0.3) is 0 Å². The molecule has 1 fully saturated rings. The first kappa shape index (κ1) is 20.3. The molecule has 2 aromatic rings. The zero-order valence-electron chi connectivity index (χ0n) is 17.3. The van der Waals surface area contributed by atoms with Gasteiger partial charge in [-0.25, -0.2) is 9.78 Å². The summed E-state index contributed by atoms with van der Waals surface area (Å²) in [6.45, 7) is 10.3. The largest absolute Gasteiger partial charge is 0.328 e. The van der Waals surface area contributed by atoms with E-state index >= 15 is 0 Å². The van der Waals surface area contributed by atoms with Crippen molar-refractivity contribution in [3.05, 3.63) is 41.7 Å². The fourth-order valence-electron chi connectivity index (χ4n) is 3.57. The highest BCUT2D eigenvalue weighted by Crippen LogP contribution is 2.19. The Labute approximate surface area is 167 Å². The van der Waals surface area contributed by atoms with Gasteiger partial charge in [-0.15, -0.1) is 0 Å². The molecule has 1 saturated heterocycles. The lowest BCUT2D eigenvalue weighted by molar-refractivity contribution is 0.131. The first-order valence-electron chi connectivity index (χ1n) is 9.96. The van der Waals surface area contributed by atoms with Crippen LogP contribution in [0.5, 0.6) is 0 Å². The number of aryl methyl sites for hydroxylation is 2. The molecule has 3 rings (SSSR count). The van der Waals surface area contributed by atoms with Gasteiger partial charge in [-0.05, 0) is 30.9 Å². The maximum absolute atomic E-state index is 12.8. The molecule has 1 N–H and O–H groups in total. The number of hydrogen-bond acceptors (Lipinski definition) is 5. The summed E-state index contributed by atoms with van der Waals surface area (Å²) in [4.78, 5) is 25.9. The summed E-state index contributed by atoms with van der Waals surface area (Å²) in [7, 11) is 1.86. The number of carbonyl (C=O) groups is 1. The van der Waals surface area contributed by atoms with Gasteiger partial charge in [0.15, 0.2) is 0 Å². The van der Waals surface area contributed by atoms with Crippen LogP contribution >= 0.6 is 0 Å². The summed E-state index contributed by atoms with van der Waals surface area (Å²) >= 11 is 0. The number of rotatable bonds is 6. The Balaban J connectivity index is 1.55. The van der Waals surface area contributed by atoms with E-state index in [2.05, 4.69) is 52.1 Å². The fraction of sp³-hybridized carbons (Fsp3) is 0.600. The minimum absolute atomic E-state index is 0.0256. The maximum atomic E-state index is 12.8. The standard InChI is InChI=1S/C20H31N7O/c1-15(2)12-17(19-22-14-23-25(19)4)24-20(28)27-10-8-26(9-11-27)13-18-16(3)6-5-7-21-18/h5-7,14-15,17H,8-13H2,1-4H3,(H,24,28). The third-order valence-electron chi connectivity index (χ3n) is 5.21. The molecular formula is C20H31N7O. The minimum Gasteiger partial charge on any atom is -0.328 e. The van der Waals surface area contributed by atoms with E-state index in [0.29, 0.717) is 19.0 Å². The molecule has 2 amide bonds. The van der Waals surface area contributed by atoms with Crippen molar-refractivity contribution in [1.82, 2.24) is 34.9 Å². The molecule has 1 unspecified atom stereocenters. The highest BCUT2D eigenvalue weighted by atomic mass is 16.2. The summed E-state index contributed by atoms with van der Waals surface area (Å²) in [6.07, 6.45) is 4.21. The number of nitrogens with one attached hydrogen (secondary N) is 1. The van der Waals surface area contributed by atoms with Gasteiger partial charge in [0, 0.05) is 46.0 Å². The molecule has 152 valence electrons. The van der Waals surface area contributed by atoms with Gasteiger partial charge in [0.25, 0.3) is 0 Å². The van der Waals surface area contributed by atoms with E-state index in [1.165, 1.54) is 11.9 Å². The van der Waals surface area contributed by atoms with Gasteiger partial charge >= 0.3 is 6.03 Å². The van der Waals surface area contributed by atoms with Crippen molar-refractivity contribution in [2.24, 2.45) is 13.0 Å². The number of nitrogens with zero attached hydrogens (tertiary/aromatic N) is 6. The third kappa shape index (κ3) is 5.07. The van der Waals surface area contributed by atoms with E-state index in [1.54, 1.807) is 4.68 Å². The van der Waals surface area contributed by atoms with Crippen molar-refractivity contribution in [3.63, 3.8) is 0 Å². The number of piperazine rings is 1. The van der Waals surface area contributed by atoms with Gasteiger partial charge < -0.3 is 10.2 Å². The predicted molar refractivity (Wildman–Crippen MR) is 108 cm³/mol. The van der Waals surface area contributed by atoms with Gasteiger partial charge in [0.05, 0.1) is 11.7 Å². The lowest BCUT2D eigenvalue weighted by Gasteiger charge is -2.35. The zero-order valence-corrected chi connectivity index (χ0v) is 17.3. The van der Waals surface area contributed by atoms with Gasteiger partial charge in [0.1, 0.15) is 12.2 Å². The van der Waals surface area contributed by atoms with Crippen molar-refractivity contribution >= 4 is 6.03 Å². The topological polar surface area (TPSA) is 79.2 Å². The molecule has 8 nitrogen and oxygen atoms in total. The van der Waals surface area contributed by atoms with E-state index in [4.69, 9.17) is 0 Å². The Bertz CT molecular complexity index is 780. The Kier molecular flexibility index (Phi) is 6.61. The monoisotopic (exact) mass is 385 g/mol. The van der Waals surface area contributed by atoms with Crippen LogP contribution in [0.2, 0.25) is 0 Å². The van der Waals surface area contributed by atoms with Gasteiger partial charge in [-0.3, -0.25) is 14.6 Å². The molecule has 0 saturated carbocycles. The number of urea groups is 1. The second-order valence-corrected chi connectivity index (χ2v) is 7.90. The molecule has 2 aromatic heterocycles. The van der Waals surface area contributed by atoms with Crippen LogP contribution in [0.15, 0.2) is 24.7 Å². The van der Waals surface area contributed by atoms with Crippen LogP contribution in [0.4, 0.5) is 4.79 Å². The highest BCUT2D eigenvalue weighted by Gasteiger charge is 2.26. The van der Waals surface area contributed by atoms with E-state index < -0.39 is 0 Å². The first-order valence-corrected chi connectivity index (χ1v) is 9.96. The summed E-state index contributed by atoms with van der Waals surface area (Å²) in [6, 6.07) is 3.90. The molecule has 0 spiro atoms. The second kappa shape index (κ2) is 9.14. The van der Waals surface area contributed by atoms with Crippen molar-refractivity contribution in [1.29, 1.82) is 0 Å². The quantitative estimate of drug-likeness (QED) is 0.824. The van der Waals surface area contributed by atoms with Gasteiger partial charge in [0.2, 0.25) is 0 Å². The number of aromatic nitrogens is 4. The zero-order chi connectivity index (χ0) is 20.1. The average Bonchev–Trinajstić information content (AvgIpc) is 3.09. The van der Waals surface area contributed by atoms with Crippen molar-refractivity contribution in [3.8, 4) is 0 Å². The number of amides is 2. The number of carbonyl (C=O) groups excluding carboxylic acids is 1. The highest BCUT2D eigenvalue weighted by molar-refractivity contribution is 5.74. The number of pyridine rings is 1. The molecule has 28 heavy (non-hydrogen) atoms. The van der Waals surface area contributed by atoms with Crippen LogP contribution in [-0.4, -0.2) is 61.8 Å². The smallest absolute Gasteiger partial charge is 0.318 e. The molecule has 1 aliphatic heterocycles. The normalized spacial score (nSPS) is 16.4. The molecule has 0 aromatic carbocycles. The van der Waals surface area contributed by atoms with Gasteiger partial charge in [-0.2, -0.15) is 5.10 Å². The SMILES string of the molecule is Cc1cccnc1CN1CCN(C(=O)NC(CC(C)C)c2ncnn2C)CC1. The summed E-state index contributed by atoms with van der Waals surface area (Å²) in [5.41, 5.74) is 2.32. The van der Waals surface area contributed by atoms with Crippen LogP contribution in [-0.2, 0) is 13.6 Å². The van der Waals surface area contributed by atoms with Crippen molar-refractivity contribution in [2.75, 3.05) is 26.2 Å². The van der Waals surface area contributed by atoms with E-state index in [1.807, 2.05) is 24.2 Å². The predicted octanol–water partition coefficient (Wildman–Crippen LogP) is 2.13. The van der Waals surface area contributed by atoms with Crippen molar-refractivity contribution < 1.29 is 4.79 Å².